The normalized spacial score (nSPS) is 11.5. The molecule has 24 heavy (non-hydrogen) atoms. The minimum Gasteiger partial charge on any atom is -0.454 e. The topological polar surface area (TPSA) is 16.4 Å². The minimum atomic E-state index is 0.542. The molecule has 1 aromatic heterocycles. The average Bonchev–Trinajstić information content (AvgIpc) is 3.00. The largest absolute Gasteiger partial charge is 0.454 e. The maximum absolute atomic E-state index is 6.14. The zero-order valence-electron chi connectivity index (χ0n) is 13.7. The first-order valence-corrected chi connectivity index (χ1v) is 9.08. The lowest BCUT2D eigenvalue weighted by Crippen LogP contribution is -2.01. The van der Waals surface area contributed by atoms with Crippen molar-refractivity contribution in [3.05, 3.63) is 72.3 Å². The van der Waals surface area contributed by atoms with Crippen LogP contribution in [0.4, 0.5) is 11.4 Å². The fourth-order valence-corrected chi connectivity index (χ4v) is 3.72. The summed E-state index contributed by atoms with van der Waals surface area (Å²) in [5.41, 5.74) is 5.43. The lowest BCUT2D eigenvalue weighted by Gasteiger charge is -2.18. The van der Waals surface area contributed by atoms with Gasteiger partial charge in [-0.25, -0.2) is 0 Å². The smallest absolute Gasteiger partial charge is 0.159 e. The summed E-state index contributed by atoms with van der Waals surface area (Å²) in [6.07, 6.45) is 0. The van der Waals surface area contributed by atoms with E-state index in [-0.39, 0.29) is 0 Å². The monoisotopic (exact) mass is 427 g/mol. The third-order valence-corrected chi connectivity index (χ3v) is 5.46. The Hall–Kier alpha value is -2.01. The Bertz CT molecular complexity index is 1000. The van der Waals surface area contributed by atoms with Gasteiger partial charge in [0.1, 0.15) is 5.58 Å². The lowest BCUT2D eigenvalue weighted by atomic mass is 10.0. The first kappa shape index (κ1) is 15.5. The highest BCUT2D eigenvalue weighted by atomic mass is 127. The molecule has 0 spiro atoms. The molecule has 0 fully saturated rings. The summed E-state index contributed by atoms with van der Waals surface area (Å²) in [4.78, 5) is 0. The van der Waals surface area contributed by atoms with Crippen LogP contribution < -0.4 is 3.11 Å². The molecule has 0 radical (unpaired) electrons. The second kappa shape index (κ2) is 6.13. The summed E-state index contributed by atoms with van der Waals surface area (Å²) in [5.74, 6) is 0.542. The highest BCUT2D eigenvalue weighted by Crippen LogP contribution is 2.39. The Morgan fingerprint density at radius 2 is 1.54 bits per heavy atom. The van der Waals surface area contributed by atoms with E-state index in [9.17, 15) is 0 Å². The molecular weight excluding hydrogens is 409 g/mol. The number of hydrogen-bond acceptors (Lipinski definition) is 2. The van der Waals surface area contributed by atoms with Crippen LogP contribution >= 0.6 is 22.9 Å². The number of para-hydroxylation sites is 2. The third kappa shape index (κ3) is 2.57. The van der Waals surface area contributed by atoms with Gasteiger partial charge in [0.05, 0.1) is 34.2 Å². The zero-order chi connectivity index (χ0) is 16.7. The zero-order valence-corrected chi connectivity index (χ0v) is 15.8. The van der Waals surface area contributed by atoms with Crippen LogP contribution in [0.3, 0.4) is 0 Å². The average molecular weight is 427 g/mol. The summed E-state index contributed by atoms with van der Waals surface area (Å²) < 4.78 is 8.30. The Morgan fingerprint density at radius 3 is 2.29 bits per heavy atom. The van der Waals surface area contributed by atoms with E-state index in [1.165, 1.54) is 5.56 Å². The molecule has 0 aliphatic carbocycles. The van der Waals surface area contributed by atoms with Gasteiger partial charge in [-0.3, -0.25) is 3.11 Å². The first-order chi connectivity index (χ1) is 11.6. The fourth-order valence-electron chi connectivity index (χ4n) is 3.02. The molecule has 0 aliphatic rings. The molecule has 2 nitrogen and oxygen atoms in total. The van der Waals surface area contributed by atoms with Crippen molar-refractivity contribution < 1.29 is 4.42 Å². The Balaban J connectivity index is 1.83. The maximum Gasteiger partial charge on any atom is 0.159 e. The summed E-state index contributed by atoms with van der Waals surface area (Å²) in [7, 11) is 0. The van der Waals surface area contributed by atoms with Crippen molar-refractivity contribution in [3.63, 3.8) is 0 Å². The molecule has 0 atom stereocenters. The van der Waals surface area contributed by atoms with Gasteiger partial charge in [0.2, 0.25) is 0 Å². The number of nitrogens with zero attached hydrogens (tertiary/aromatic N) is 1. The fraction of sp³-hybridized carbons (Fsp3) is 0.143. The third-order valence-electron chi connectivity index (χ3n) is 4.38. The molecule has 4 aromatic rings. The Labute approximate surface area is 155 Å². The van der Waals surface area contributed by atoms with Gasteiger partial charge in [-0.2, -0.15) is 0 Å². The van der Waals surface area contributed by atoms with Crippen LogP contribution in [0, 0.1) is 0 Å². The van der Waals surface area contributed by atoms with Gasteiger partial charge in [0.25, 0.3) is 0 Å². The standard InChI is InChI=1S/C21H18INO/c1-14(2)15-10-12-16(13-11-15)23(22)19-8-5-7-18-17-6-3-4-9-20(17)24-21(18)19/h3-14H,1-2H3. The van der Waals surface area contributed by atoms with Crippen molar-refractivity contribution in [3.8, 4) is 0 Å². The number of anilines is 2. The van der Waals surface area contributed by atoms with Crippen LogP contribution in [-0.4, -0.2) is 0 Å². The van der Waals surface area contributed by atoms with Crippen molar-refractivity contribution in [2.75, 3.05) is 3.11 Å². The van der Waals surface area contributed by atoms with Crippen LogP contribution in [0.2, 0.25) is 0 Å². The van der Waals surface area contributed by atoms with E-state index in [0.717, 1.165) is 33.3 Å². The van der Waals surface area contributed by atoms with E-state index >= 15 is 0 Å². The molecule has 0 unspecified atom stereocenters. The van der Waals surface area contributed by atoms with E-state index in [1.807, 2.05) is 12.1 Å². The van der Waals surface area contributed by atoms with Gasteiger partial charge >= 0.3 is 0 Å². The molecule has 0 N–H and O–H groups in total. The van der Waals surface area contributed by atoms with E-state index in [1.54, 1.807) is 0 Å². The molecule has 3 aromatic carbocycles. The molecule has 0 aliphatic heterocycles. The van der Waals surface area contributed by atoms with Crippen LogP contribution in [0.5, 0.6) is 0 Å². The molecule has 120 valence electrons. The van der Waals surface area contributed by atoms with E-state index < -0.39 is 0 Å². The number of benzene rings is 3. The molecule has 3 heteroatoms. The highest BCUT2D eigenvalue weighted by molar-refractivity contribution is 14.1. The predicted octanol–water partition coefficient (Wildman–Crippen LogP) is 7.20. The van der Waals surface area contributed by atoms with Crippen molar-refractivity contribution in [1.82, 2.24) is 0 Å². The molecular formula is C21H18INO. The molecule has 4 rings (SSSR count). The lowest BCUT2D eigenvalue weighted by molar-refractivity contribution is 0.670. The van der Waals surface area contributed by atoms with Gasteiger partial charge in [0, 0.05) is 10.8 Å². The van der Waals surface area contributed by atoms with Gasteiger partial charge in [-0.1, -0.05) is 56.3 Å². The maximum atomic E-state index is 6.14. The summed E-state index contributed by atoms with van der Waals surface area (Å²) in [6, 6.07) is 23.3. The molecule has 0 saturated carbocycles. The van der Waals surface area contributed by atoms with Crippen molar-refractivity contribution >= 4 is 56.2 Å². The van der Waals surface area contributed by atoms with E-state index in [0.29, 0.717) is 5.92 Å². The SMILES string of the molecule is CC(C)c1ccc(N(I)c2cccc3c2oc2ccccc23)cc1. The number of rotatable bonds is 3. The van der Waals surface area contributed by atoms with Crippen molar-refractivity contribution in [2.24, 2.45) is 0 Å². The quantitative estimate of drug-likeness (QED) is 0.254. The second-order valence-electron chi connectivity index (χ2n) is 6.28. The first-order valence-electron chi connectivity index (χ1n) is 8.11. The highest BCUT2D eigenvalue weighted by Gasteiger charge is 2.15. The summed E-state index contributed by atoms with van der Waals surface area (Å²) in [5, 5.41) is 2.32. The van der Waals surface area contributed by atoms with Crippen LogP contribution in [0.15, 0.2) is 71.1 Å². The molecule has 1 heterocycles. The Morgan fingerprint density at radius 1 is 0.833 bits per heavy atom. The molecule has 0 amide bonds. The second-order valence-corrected chi connectivity index (χ2v) is 7.24. The number of fused-ring (bicyclic) bond motifs is 3. The summed E-state index contributed by atoms with van der Waals surface area (Å²) in [6.45, 7) is 4.43. The number of halogens is 1. The van der Waals surface area contributed by atoms with Crippen molar-refractivity contribution in [1.29, 1.82) is 0 Å². The molecule has 0 bridgehead atoms. The van der Waals surface area contributed by atoms with E-state index in [2.05, 4.69) is 94.4 Å². The van der Waals surface area contributed by atoms with Gasteiger partial charge in [-0.05, 0) is 35.7 Å². The Kier molecular flexibility index (Phi) is 3.96. The number of hydrogen-bond donors (Lipinski definition) is 0. The van der Waals surface area contributed by atoms with Crippen LogP contribution in [0.25, 0.3) is 21.9 Å². The summed E-state index contributed by atoms with van der Waals surface area (Å²) >= 11 is 2.35. The van der Waals surface area contributed by atoms with Gasteiger partial charge in [0.15, 0.2) is 5.58 Å². The minimum absolute atomic E-state index is 0.542. The predicted molar refractivity (Wildman–Crippen MR) is 110 cm³/mol. The van der Waals surface area contributed by atoms with Gasteiger partial charge in [-0.15, -0.1) is 0 Å². The van der Waals surface area contributed by atoms with Crippen LogP contribution in [-0.2, 0) is 0 Å². The van der Waals surface area contributed by atoms with Crippen molar-refractivity contribution in [2.45, 2.75) is 19.8 Å². The number of furan rings is 1. The van der Waals surface area contributed by atoms with Crippen LogP contribution in [0.1, 0.15) is 25.3 Å². The van der Waals surface area contributed by atoms with Gasteiger partial charge < -0.3 is 4.42 Å². The molecule has 0 saturated heterocycles. The van der Waals surface area contributed by atoms with E-state index in [4.69, 9.17) is 4.42 Å².